The van der Waals surface area contributed by atoms with Crippen molar-refractivity contribution >= 4 is 26.6 Å². The van der Waals surface area contributed by atoms with Gasteiger partial charge < -0.3 is 15.0 Å². The molecule has 0 atom stereocenters. The third-order valence-corrected chi connectivity index (χ3v) is 7.37. The molecular formula is C25H21N5O4S. The minimum absolute atomic E-state index is 0.0604. The Balaban J connectivity index is 1.31. The molecule has 5 aromatic rings. The first-order chi connectivity index (χ1) is 17.0. The van der Waals surface area contributed by atoms with E-state index >= 15 is 0 Å². The average Bonchev–Trinajstić information content (AvgIpc) is 3.57. The number of H-pyrrole nitrogens is 1. The molecule has 0 radical (unpaired) electrons. The van der Waals surface area contributed by atoms with E-state index in [-0.39, 0.29) is 28.0 Å². The maximum atomic E-state index is 13.3. The van der Waals surface area contributed by atoms with Crippen molar-refractivity contribution in [2.75, 3.05) is 7.11 Å². The highest BCUT2D eigenvalue weighted by Gasteiger charge is 2.23. The summed E-state index contributed by atoms with van der Waals surface area (Å²) in [4.78, 5) is 19.8. The Morgan fingerprint density at radius 1 is 1.09 bits per heavy atom. The van der Waals surface area contributed by atoms with Crippen molar-refractivity contribution in [1.29, 1.82) is 0 Å². The number of amides is 1. The monoisotopic (exact) mass is 487 g/mol. The summed E-state index contributed by atoms with van der Waals surface area (Å²) in [5.41, 5.74) is 2.70. The van der Waals surface area contributed by atoms with E-state index in [0.29, 0.717) is 11.4 Å². The molecule has 0 aliphatic carbocycles. The van der Waals surface area contributed by atoms with Gasteiger partial charge in [0.25, 0.3) is 5.91 Å². The third-order valence-electron chi connectivity index (χ3n) is 5.56. The fourth-order valence-electron chi connectivity index (χ4n) is 3.73. The van der Waals surface area contributed by atoms with Crippen LogP contribution >= 0.6 is 0 Å². The van der Waals surface area contributed by atoms with Crippen LogP contribution in [0.5, 0.6) is 5.75 Å². The van der Waals surface area contributed by atoms with Gasteiger partial charge in [-0.1, -0.05) is 12.1 Å². The summed E-state index contributed by atoms with van der Waals surface area (Å²) in [5.74, 6) is -0.0391. The number of benzene rings is 2. The minimum Gasteiger partial charge on any atom is -0.495 e. The van der Waals surface area contributed by atoms with E-state index in [4.69, 9.17) is 4.74 Å². The molecule has 0 unspecified atom stereocenters. The van der Waals surface area contributed by atoms with Crippen LogP contribution in [0, 0.1) is 0 Å². The lowest BCUT2D eigenvalue weighted by Gasteiger charge is -2.12. The van der Waals surface area contributed by atoms with Gasteiger partial charge in [0, 0.05) is 48.3 Å². The Hall–Kier alpha value is -4.44. The Kier molecular flexibility index (Phi) is 5.79. The molecule has 3 aromatic heterocycles. The number of hydrogen-bond donors (Lipinski definition) is 2. The van der Waals surface area contributed by atoms with E-state index in [1.807, 2.05) is 0 Å². The molecule has 2 aromatic carbocycles. The largest absolute Gasteiger partial charge is 0.495 e. The lowest BCUT2D eigenvalue weighted by atomic mass is 10.2. The first-order valence-electron chi connectivity index (χ1n) is 10.7. The van der Waals surface area contributed by atoms with Crippen LogP contribution in [0.2, 0.25) is 0 Å². The number of carbonyl (C=O) groups excluding carboxylic acids is 1. The van der Waals surface area contributed by atoms with Crippen LogP contribution in [0.15, 0.2) is 95.2 Å². The van der Waals surface area contributed by atoms with E-state index in [9.17, 15) is 13.2 Å². The number of aromatic nitrogens is 4. The fraction of sp³-hybridized carbons (Fsp3) is 0.0800. The number of nitrogens with zero attached hydrogens (tertiary/aromatic N) is 3. The average molecular weight is 488 g/mol. The van der Waals surface area contributed by atoms with Gasteiger partial charge in [-0.25, -0.2) is 13.1 Å². The molecule has 176 valence electrons. The number of aromatic amines is 1. The van der Waals surface area contributed by atoms with Crippen LogP contribution < -0.4 is 10.1 Å². The zero-order valence-corrected chi connectivity index (χ0v) is 19.5. The highest BCUT2D eigenvalue weighted by atomic mass is 32.2. The normalized spacial score (nSPS) is 11.5. The number of methoxy groups -OCH3 is 1. The minimum atomic E-state index is -3.83. The van der Waals surface area contributed by atoms with E-state index < -0.39 is 9.84 Å². The Labute approximate surface area is 201 Å². The maximum Gasteiger partial charge on any atom is 0.267 e. The summed E-state index contributed by atoms with van der Waals surface area (Å²) in [6.07, 6.45) is 6.73. The van der Waals surface area contributed by atoms with Crippen LogP contribution in [-0.4, -0.2) is 41.2 Å². The van der Waals surface area contributed by atoms with Gasteiger partial charge in [0.2, 0.25) is 9.84 Å². The topological polar surface area (TPSA) is 119 Å². The van der Waals surface area contributed by atoms with Crippen molar-refractivity contribution in [3.05, 3.63) is 96.7 Å². The van der Waals surface area contributed by atoms with Crippen molar-refractivity contribution in [2.24, 2.45) is 0 Å². The van der Waals surface area contributed by atoms with Crippen molar-refractivity contribution in [1.82, 2.24) is 25.1 Å². The van der Waals surface area contributed by atoms with Crippen LogP contribution in [0.25, 0.3) is 16.6 Å². The summed E-state index contributed by atoms with van der Waals surface area (Å²) in [6, 6.07) is 16.5. The maximum absolute atomic E-state index is 13.3. The predicted molar refractivity (Wildman–Crippen MR) is 129 cm³/mol. The smallest absolute Gasteiger partial charge is 0.267 e. The van der Waals surface area contributed by atoms with Crippen molar-refractivity contribution in [3.8, 4) is 11.4 Å². The number of hydrogen-bond acceptors (Lipinski definition) is 6. The quantitative estimate of drug-likeness (QED) is 0.363. The lowest BCUT2D eigenvalue weighted by Crippen LogP contribution is -2.23. The van der Waals surface area contributed by atoms with Crippen molar-refractivity contribution in [3.63, 3.8) is 0 Å². The van der Waals surface area contributed by atoms with E-state index in [1.54, 1.807) is 71.9 Å². The SMILES string of the molecule is COc1cc(-n2cccn2)ccc1S(=O)(=O)c1ccc(CNC(=O)c2cc3cnccc3[nH]2)cc1. The molecule has 0 bridgehead atoms. The molecule has 0 aliphatic heterocycles. The van der Waals surface area contributed by atoms with Crippen LogP contribution in [0.3, 0.4) is 0 Å². The van der Waals surface area contributed by atoms with Gasteiger partial charge in [0.1, 0.15) is 16.3 Å². The zero-order valence-electron chi connectivity index (χ0n) is 18.7. The van der Waals surface area contributed by atoms with Gasteiger partial charge in [-0.05, 0) is 48.0 Å². The van der Waals surface area contributed by atoms with E-state index in [2.05, 4.69) is 20.4 Å². The Morgan fingerprint density at radius 2 is 1.91 bits per heavy atom. The van der Waals surface area contributed by atoms with Gasteiger partial charge in [-0.3, -0.25) is 9.78 Å². The second kappa shape index (κ2) is 9.07. The van der Waals surface area contributed by atoms with Gasteiger partial charge in [0.05, 0.1) is 17.7 Å². The molecule has 0 spiro atoms. The number of rotatable bonds is 7. The molecule has 35 heavy (non-hydrogen) atoms. The molecule has 0 aliphatic rings. The number of pyridine rings is 1. The summed E-state index contributed by atoms with van der Waals surface area (Å²) in [5, 5.41) is 7.84. The molecular weight excluding hydrogens is 466 g/mol. The molecule has 2 N–H and O–H groups in total. The lowest BCUT2D eigenvalue weighted by molar-refractivity contribution is 0.0946. The Bertz CT molecular complexity index is 1570. The van der Waals surface area contributed by atoms with Gasteiger partial charge in [-0.2, -0.15) is 5.10 Å². The molecule has 5 rings (SSSR count). The standard InChI is InChI=1S/C25H21N5O4S/c1-34-23-14-19(30-12-2-10-28-30)5-8-24(23)35(32,33)20-6-3-17(4-7-20)15-27-25(31)22-13-18-16-26-11-9-21(18)29-22/h2-14,16,29H,15H2,1H3,(H,27,31). The van der Waals surface area contributed by atoms with Crippen molar-refractivity contribution in [2.45, 2.75) is 16.3 Å². The summed E-state index contributed by atoms with van der Waals surface area (Å²) in [6.45, 7) is 0.245. The van der Waals surface area contributed by atoms with Gasteiger partial charge in [0.15, 0.2) is 0 Å². The predicted octanol–water partition coefficient (Wildman–Crippen LogP) is 3.52. The number of carbonyl (C=O) groups is 1. The van der Waals surface area contributed by atoms with E-state index in [1.165, 1.54) is 25.3 Å². The molecule has 0 fully saturated rings. The third kappa shape index (κ3) is 4.38. The first kappa shape index (κ1) is 22.4. The second-order valence-electron chi connectivity index (χ2n) is 7.76. The van der Waals surface area contributed by atoms with E-state index in [0.717, 1.165) is 16.5 Å². The highest BCUT2D eigenvalue weighted by Crippen LogP contribution is 2.31. The summed E-state index contributed by atoms with van der Waals surface area (Å²) >= 11 is 0. The fourth-order valence-corrected chi connectivity index (χ4v) is 5.13. The zero-order chi connectivity index (χ0) is 24.4. The molecule has 10 heteroatoms. The Morgan fingerprint density at radius 3 is 2.63 bits per heavy atom. The van der Waals surface area contributed by atoms with Gasteiger partial charge in [-0.15, -0.1) is 0 Å². The molecule has 3 heterocycles. The molecule has 1 amide bonds. The molecule has 0 saturated heterocycles. The summed E-state index contributed by atoms with van der Waals surface area (Å²) in [7, 11) is -2.40. The molecule has 9 nitrogen and oxygen atoms in total. The first-order valence-corrected chi connectivity index (χ1v) is 12.2. The number of fused-ring (bicyclic) bond motifs is 1. The number of ether oxygens (including phenoxy) is 1. The van der Waals surface area contributed by atoms with Gasteiger partial charge >= 0.3 is 0 Å². The molecule has 0 saturated carbocycles. The highest BCUT2D eigenvalue weighted by molar-refractivity contribution is 7.91. The van der Waals surface area contributed by atoms with Crippen LogP contribution in [0.4, 0.5) is 0 Å². The van der Waals surface area contributed by atoms with Crippen LogP contribution in [0.1, 0.15) is 16.1 Å². The van der Waals surface area contributed by atoms with Crippen LogP contribution in [-0.2, 0) is 16.4 Å². The summed E-state index contributed by atoms with van der Waals surface area (Å²) < 4.78 is 33.5. The van der Waals surface area contributed by atoms with Crippen molar-refractivity contribution < 1.29 is 17.9 Å². The number of sulfone groups is 1. The number of nitrogens with one attached hydrogen (secondary N) is 2. The second-order valence-corrected chi connectivity index (χ2v) is 9.68.